The number of nitrogens with zero attached hydrogens (tertiary/aromatic N) is 1. The molecule has 0 amide bonds. The molecule has 106 valence electrons. The zero-order valence-corrected chi connectivity index (χ0v) is 12.0. The van der Waals surface area contributed by atoms with E-state index in [-0.39, 0.29) is 5.69 Å². The highest BCUT2D eigenvalue weighted by molar-refractivity contribution is 7.53. The lowest BCUT2D eigenvalue weighted by atomic mass is 10.3. The van der Waals surface area contributed by atoms with Crippen LogP contribution in [0.2, 0.25) is 0 Å². The second-order valence-corrected chi connectivity index (χ2v) is 6.14. The van der Waals surface area contributed by atoms with Crippen molar-refractivity contribution in [2.45, 2.75) is 26.2 Å². The van der Waals surface area contributed by atoms with Crippen molar-refractivity contribution < 1.29 is 18.5 Å². The van der Waals surface area contributed by atoms with Crippen LogP contribution in [-0.4, -0.2) is 18.2 Å². The van der Waals surface area contributed by atoms with Crippen LogP contribution in [0.5, 0.6) is 5.75 Å². The van der Waals surface area contributed by atoms with Gasteiger partial charge in [-0.25, -0.2) is 4.57 Å². The molecule has 0 aliphatic rings. The number of nitro benzene ring substituents is 1. The zero-order chi connectivity index (χ0) is 14.3. The van der Waals surface area contributed by atoms with Crippen LogP contribution in [0.3, 0.4) is 0 Å². The van der Waals surface area contributed by atoms with Crippen molar-refractivity contribution in [2.24, 2.45) is 0 Å². The fourth-order valence-electron chi connectivity index (χ4n) is 1.43. The first kappa shape index (κ1) is 15.7. The van der Waals surface area contributed by atoms with Crippen LogP contribution in [0.4, 0.5) is 5.69 Å². The van der Waals surface area contributed by atoms with E-state index in [1.807, 2.05) is 0 Å². The molecular formula is C12H18NO5P. The highest BCUT2D eigenvalue weighted by atomic mass is 31.2. The first-order valence-corrected chi connectivity index (χ1v) is 8.09. The number of rotatable bonds is 8. The van der Waals surface area contributed by atoms with E-state index in [1.54, 1.807) is 0 Å². The lowest BCUT2D eigenvalue weighted by Gasteiger charge is -2.15. The molecule has 19 heavy (non-hydrogen) atoms. The standard InChI is InChI=1S/C12H18NO5P/c1-3-4-5-10-17-19(2,16)18-12-8-6-11(7-9-12)13(14)15/h6-9H,3-5,10H2,1-2H3. The van der Waals surface area contributed by atoms with Gasteiger partial charge >= 0.3 is 7.60 Å². The van der Waals surface area contributed by atoms with Gasteiger partial charge in [0.25, 0.3) is 5.69 Å². The maximum atomic E-state index is 12.0. The van der Waals surface area contributed by atoms with E-state index in [4.69, 9.17) is 9.05 Å². The summed E-state index contributed by atoms with van der Waals surface area (Å²) in [7, 11) is -3.16. The lowest BCUT2D eigenvalue weighted by Crippen LogP contribution is -1.98. The Morgan fingerprint density at radius 1 is 1.26 bits per heavy atom. The molecule has 0 saturated heterocycles. The maximum absolute atomic E-state index is 12.0. The largest absolute Gasteiger partial charge is 0.425 e. The van der Waals surface area contributed by atoms with Gasteiger partial charge in [0, 0.05) is 18.8 Å². The summed E-state index contributed by atoms with van der Waals surface area (Å²) in [5, 5.41) is 10.5. The minimum atomic E-state index is -3.16. The van der Waals surface area contributed by atoms with Crippen LogP contribution in [0.1, 0.15) is 26.2 Å². The van der Waals surface area contributed by atoms with E-state index in [9.17, 15) is 14.7 Å². The molecule has 0 saturated carbocycles. The molecular weight excluding hydrogens is 269 g/mol. The van der Waals surface area contributed by atoms with Gasteiger partial charge in [0.15, 0.2) is 0 Å². The van der Waals surface area contributed by atoms with Crippen LogP contribution >= 0.6 is 7.60 Å². The van der Waals surface area contributed by atoms with Crippen molar-refractivity contribution in [2.75, 3.05) is 13.3 Å². The Balaban J connectivity index is 2.52. The van der Waals surface area contributed by atoms with E-state index in [0.29, 0.717) is 12.4 Å². The van der Waals surface area contributed by atoms with E-state index >= 15 is 0 Å². The molecule has 0 bridgehead atoms. The maximum Gasteiger partial charge on any atom is 0.376 e. The zero-order valence-electron chi connectivity index (χ0n) is 11.1. The van der Waals surface area contributed by atoms with E-state index in [0.717, 1.165) is 19.3 Å². The smallest absolute Gasteiger partial charge is 0.376 e. The van der Waals surface area contributed by atoms with Gasteiger partial charge in [-0.1, -0.05) is 19.8 Å². The Labute approximate surface area is 112 Å². The summed E-state index contributed by atoms with van der Waals surface area (Å²) in [4.78, 5) is 9.98. The molecule has 7 heteroatoms. The highest BCUT2D eigenvalue weighted by Gasteiger charge is 2.18. The summed E-state index contributed by atoms with van der Waals surface area (Å²) in [6.45, 7) is 3.84. The summed E-state index contributed by atoms with van der Waals surface area (Å²) in [5.41, 5.74) is -0.0397. The Hall–Kier alpha value is -1.39. The summed E-state index contributed by atoms with van der Waals surface area (Å²) in [5.74, 6) is 0.298. The summed E-state index contributed by atoms with van der Waals surface area (Å²) < 4.78 is 22.4. The second-order valence-electron chi connectivity index (χ2n) is 4.15. The Kier molecular flexibility index (Phi) is 5.99. The lowest BCUT2D eigenvalue weighted by molar-refractivity contribution is -0.384. The SMILES string of the molecule is CCCCCOP(C)(=O)Oc1ccc([N+](=O)[O-])cc1. The fraction of sp³-hybridized carbons (Fsp3) is 0.500. The molecule has 0 N–H and O–H groups in total. The van der Waals surface area contributed by atoms with Crippen molar-refractivity contribution in [3.8, 4) is 5.75 Å². The topological polar surface area (TPSA) is 78.7 Å². The molecule has 0 radical (unpaired) electrons. The number of hydrogen-bond acceptors (Lipinski definition) is 5. The minimum absolute atomic E-state index is 0.0397. The predicted molar refractivity (Wildman–Crippen MR) is 72.7 cm³/mol. The van der Waals surface area contributed by atoms with Crippen LogP contribution in [0.25, 0.3) is 0 Å². The molecule has 0 aliphatic heterocycles. The number of unbranched alkanes of at least 4 members (excludes halogenated alkanes) is 2. The second kappa shape index (κ2) is 7.26. The summed E-state index contributed by atoms with van der Waals surface area (Å²) >= 11 is 0. The molecule has 1 unspecified atom stereocenters. The summed E-state index contributed by atoms with van der Waals surface area (Å²) in [6, 6.07) is 5.41. The third-order valence-electron chi connectivity index (χ3n) is 2.39. The first-order valence-electron chi connectivity index (χ1n) is 6.10. The van der Waals surface area contributed by atoms with Gasteiger partial charge in [0.05, 0.1) is 11.5 Å². The third kappa shape index (κ3) is 5.85. The normalized spacial score (nSPS) is 13.8. The summed E-state index contributed by atoms with van der Waals surface area (Å²) in [6.07, 6.45) is 2.90. The molecule has 0 fully saturated rings. The molecule has 1 rings (SSSR count). The van der Waals surface area contributed by atoms with Gasteiger partial charge < -0.3 is 4.52 Å². The number of non-ortho nitro benzene ring substituents is 1. The van der Waals surface area contributed by atoms with Crippen LogP contribution in [0, 0.1) is 10.1 Å². The van der Waals surface area contributed by atoms with Crippen molar-refractivity contribution in [1.29, 1.82) is 0 Å². The van der Waals surface area contributed by atoms with Gasteiger partial charge in [-0.2, -0.15) is 0 Å². The Morgan fingerprint density at radius 3 is 2.42 bits per heavy atom. The van der Waals surface area contributed by atoms with Crippen LogP contribution in [-0.2, 0) is 9.09 Å². The number of benzene rings is 1. The Bertz CT molecular complexity index is 460. The monoisotopic (exact) mass is 287 g/mol. The first-order chi connectivity index (χ1) is 8.94. The highest BCUT2D eigenvalue weighted by Crippen LogP contribution is 2.44. The van der Waals surface area contributed by atoms with Gasteiger partial charge in [-0.3, -0.25) is 14.6 Å². The van der Waals surface area contributed by atoms with Gasteiger partial charge in [-0.05, 0) is 18.6 Å². The van der Waals surface area contributed by atoms with E-state index in [2.05, 4.69) is 6.92 Å². The third-order valence-corrected chi connectivity index (χ3v) is 3.59. The Morgan fingerprint density at radius 2 is 1.89 bits per heavy atom. The molecule has 0 aromatic heterocycles. The van der Waals surface area contributed by atoms with Crippen molar-refractivity contribution in [3.05, 3.63) is 34.4 Å². The average molecular weight is 287 g/mol. The van der Waals surface area contributed by atoms with Crippen molar-refractivity contribution in [3.63, 3.8) is 0 Å². The van der Waals surface area contributed by atoms with Crippen molar-refractivity contribution >= 4 is 13.3 Å². The molecule has 1 aromatic carbocycles. The van der Waals surface area contributed by atoms with Crippen LogP contribution in [0.15, 0.2) is 24.3 Å². The molecule has 0 spiro atoms. The molecule has 1 atom stereocenters. The average Bonchev–Trinajstić information content (AvgIpc) is 2.35. The fourth-order valence-corrected chi connectivity index (χ4v) is 2.45. The van der Waals surface area contributed by atoms with E-state index in [1.165, 1.54) is 30.9 Å². The predicted octanol–water partition coefficient (Wildman–Crippen LogP) is 4.00. The molecule has 0 aliphatic carbocycles. The van der Waals surface area contributed by atoms with Gasteiger partial charge in [-0.15, -0.1) is 0 Å². The molecule has 6 nitrogen and oxygen atoms in total. The minimum Gasteiger partial charge on any atom is -0.425 e. The number of hydrogen-bond donors (Lipinski definition) is 0. The van der Waals surface area contributed by atoms with Crippen LogP contribution < -0.4 is 4.52 Å². The number of nitro groups is 1. The van der Waals surface area contributed by atoms with E-state index < -0.39 is 12.5 Å². The molecule has 1 aromatic rings. The quantitative estimate of drug-likeness (QED) is 0.312. The van der Waals surface area contributed by atoms with Crippen molar-refractivity contribution in [1.82, 2.24) is 0 Å². The van der Waals surface area contributed by atoms with Gasteiger partial charge in [0.2, 0.25) is 0 Å². The molecule has 0 heterocycles. The van der Waals surface area contributed by atoms with Gasteiger partial charge in [0.1, 0.15) is 5.75 Å².